The number of fused-ring (bicyclic) bond motifs is 2. The highest BCUT2D eigenvalue weighted by Gasteiger charge is 2.46. The summed E-state index contributed by atoms with van der Waals surface area (Å²) in [6.07, 6.45) is 0.971. The van der Waals surface area contributed by atoms with Gasteiger partial charge < -0.3 is 10.0 Å². The first kappa shape index (κ1) is 8.31. The van der Waals surface area contributed by atoms with Crippen molar-refractivity contribution in [3.8, 4) is 0 Å². The van der Waals surface area contributed by atoms with E-state index in [1.165, 1.54) is 4.90 Å². The average molecular weight is 186 g/mol. The minimum atomic E-state index is -0.998. The average Bonchev–Trinajstić information content (AvgIpc) is 2.32. The van der Waals surface area contributed by atoms with Gasteiger partial charge in [0, 0.05) is 6.54 Å². The minimum absolute atomic E-state index is 0.219. The highest BCUT2D eigenvalue weighted by molar-refractivity contribution is 5.84. The van der Waals surface area contributed by atoms with Gasteiger partial charge in [-0.1, -0.05) is 0 Å². The zero-order chi connectivity index (χ0) is 9.59. The number of nitrogens with zero attached hydrogens (tertiary/aromatic N) is 2. The van der Waals surface area contributed by atoms with Crippen molar-refractivity contribution in [1.29, 1.82) is 0 Å². The van der Waals surface area contributed by atoms with Gasteiger partial charge in [-0.2, -0.15) is 0 Å². The van der Waals surface area contributed by atoms with Gasteiger partial charge in [0.2, 0.25) is 0 Å². The number of aliphatic carboxylic acids is 1. The number of hydrogen-bond donors (Lipinski definition) is 2. The zero-order valence-corrected chi connectivity index (χ0v) is 6.88. The lowest BCUT2D eigenvalue weighted by atomic mass is 10.0. The third-order valence-electron chi connectivity index (χ3n) is 2.63. The van der Waals surface area contributed by atoms with Crippen LogP contribution in [0.4, 0.5) is 4.79 Å². The molecule has 6 nitrogen and oxygen atoms in total. The summed E-state index contributed by atoms with van der Waals surface area (Å²) in [4.78, 5) is 23.1. The molecule has 0 aromatic heterocycles. The number of hydroxylamine groups is 2. The van der Waals surface area contributed by atoms with Gasteiger partial charge in [-0.15, -0.1) is 0 Å². The Kier molecular flexibility index (Phi) is 1.66. The molecule has 2 aliphatic heterocycles. The van der Waals surface area contributed by atoms with Crippen molar-refractivity contribution < 1.29 is 19.9 Å². The molecule has 2 heterocycles. The molecule has 0 saturated carbocycles. The van der Waals surface area contributed by atoms with E-state index in [-0.39, 0.29) is 6.04 Å². The highest BCUT2D eigenvalue weighted by Crippen LogP contribution is 2.28. The predicted molar refractivity (Wildman–Crippen MR) is 40.2 cm³/mol. The van der Waals surface area contributed by atoms with Crippen LogP contribution in [0.25, 0.3) is 0 Å². The molecule has 0 aromatic carbocycles. The van der Waals surface area contributed by atoms with Crippen molar-refractivity contribution in [3.05, 3.63) is 0 Å². The molecule has 2 aliphatic rings. The number of rotatable bonds is 1. The van der Waals surface area contributed by atoms with E-state index in [2.05, 4.69) is 0 Å². The maximum atomic E-state index is 11.2. The van der Waals surface area contributed by atoms with Crippen LogP contribution >= 0.6 is 0 Å². The van der Waals surface area contributed by atoms with Gasteiger partial charge in [-0.25, -0.2) is 14.7 Å². The van der Waals surface area contributed by atoms with Crippen LogP contribution in [0.2, 0.25) is 0 Å². The molecule has 6 heteroatoms. The zero-order valence-electron chi connectivity index (χ0n) is 6.88. The van der Waals surface area contributed by atoms with E-state index in [0.717, 1.165) is 0 Å². The standard InChI is InChI=1S/C7H10N2O4/c10-6(11)5-2-1-4-3-8(5)7(12)9(4)13/h4-5,13H,1-3H2,(H,10,11)/t4-,5+/m1/s1. The summed E-state index contributed by atoms with van der Waals surface area (Å²) in [5, 5.41) is 18.6. The van der Waals surface area contributed by atoms with Crippen LogP contribution < -0.4 is 0 Å². The third kappa shape index (κ3) is 1.06. The topological polar surface area (TPSA) is 81.1 Å². The number of carboxylic acids is 1. The fraction of sp³-hybridized carbons (Fsp3) is 0.714. The second-order valence-electron chi connectivity index (χ2n) is 3.36. The summed E-state index contributed by atoms with van der Waals surface area (Å²) in [7, 11) is 0. The van der Waals surface area contributed by atoms with E-state index in [1.54, 1.807) is 0 Å². The Morgan fingerprint density at radius 3 is 2.77 bits per heavy atom. The number of amides is 2. The fourth-order valence-corrected chi connectivity index (χ4v) is 1.91. The lowest BCUT2D eigenvalue weighted by Gasteiger charge is -2.26. The van der Waals surface area contributed by atoms with Crippen molar-refractivity contribution in [1.82, 2.24) is 9.96 Å². The molecular weight excluding hydrogens is 176 g/mol. The Balaban J connectivity index is 2.22. The van der Waals surface area contributed by atoms with Crippen LogP contribution in [0, 0.1) is 0 Å². The molecular formula is C7H10N2O4. The van der Waals surface area contributed by atoms with Crippen molar-refractivity contribution in [2.75, 3.05) is 6.54 Å². The van der Waals surface area contributed by atoms with Crippen molar-refractivity contribution in [2.24, 2.45) is 0 Å². The Bertz CT molecular complexity index is 267. The van der Waals surface area contributed by atoms with Gasteiger partial charge >= 0.3 is 12.0 Å². The van der Waals surface area contributed by atoms with E-state index in [0.29, 0.717) is 24.4 Å². The Labute approximate surface area is 74.3 Å². The molecule has 2 rings (SSSR count). The summed E-state index contributed by atoms with van der Waals surface area (Å²) in [5.74, 6) is -0.998. The van der Waals surface area contributed by atoms with Crippen molar-refractivity contribution >= 4 is 12.0 Å². The van der Waals surface area contributed by atoms with Gasteiger partial charge in [-0.3, -0.25) is 5.21 Å². The third-order valence-corrected chi connectivity index (χ3v) is 2.63. The molecule has 0 aliphatic carbocycles. The molecule has 2 atom stereocenters. The first-order valence-corrected chi connectivity index (χ1v) is 4.13. The molecule has 0 spiro atoms. The molecule has 2 saturated heterocycles. The summed E-state index contributed by atoms with van der Waals surface area (Å²) in [5.41, 5.74) is 0. The van der Waals surface area contributed by atoms with Crippen LogP contribution in [0.1, 0.15) is 12.8 Å². The van der Waals surface area contributed by atoms with Crippen LogP contribution in [0.5, 0.6) is 0 Å². The lowest BCUT2D eigenvalue weighted by molar-refractivity contribution is -0.142. The van der Waals surface area contributed by atoms with E-state index in [9.17, 15) is 14.8 Å². The fourth-order valence-electron chi connectivity index (χ4n) is 1.91. The monoisotopic (exact) mass is 186 g/mol. The summed E-state index contributed by atoms with van der Waals surface area (Å²) in [6, 6.07) is -1.57. The van der Waals surface area contributed by atoms with Gasteiger partial charge in [0.1, 0.15) is 6.04 Å². The Morgan fingerprint density at radius 1 is 1.46 bits per heavy atom. The highest BCUT2D eigenvalue weighted by atomic mass is 16.5. The Hall–Kier alpha value is -1.30. The van der Waals surface area contributed by atoms with E-state index < -0.39 is 18.0 Å². The molecule has 0 radical (unpaired) electrons. The van der Waals surface area contributed by atoms with Crippen molar-refractivity contribution in [3.63, 3.8) is 0 Å². The molecule has 0 unspecified atom stereocenters. The molecule has 13 heavy (non-hydrogen) atoms. The number of hydrogen-bond acceptors (Lipinski definition) is 3. The molecule has 2 bridgehead atoms. The molecule has 72 valence electrons. The van der Waals surface area contributed by atoms with Gasteiger partial charge in [0.25, 0.3) is 0 Å². The first-order valence-electron chi connectivity index (χ1n) is 4.13. The number of piperidine rings is 1. The molecule has 2 amide bonds. The normalized spacial score (nSPS) is 32.5. The number of carbonyl (C=O) groups excluding carboxylic acids is 1. The van der Waals surface area contributed by atoms with Gasteiger partial charge in [0.15, 0.2) is 0 Å². The number of carbonyl (C=O) groups is 2. The molecule has 0 aromatic rings. The van der Waals surface area contributed by atoms with Gasteiger partial charge in [-0.05, 0) is 12.8 Å². The second-order valence-corrected chi connectivity index (χ2v) is 3.36. The second kappa shape index (κ2) is 2.59. The summed E-state index contributed by atoms with van der Waals surface area (Å²) in [6.45, 7) is 0.326. The Morgan fingerprint density at radius 2 is 2.15 bits per heavy atom. The van der Waals surface area contributed by atoms with Gasteiger partial charge in [0.05, 0.1) is 6.04 Å². The largest absolute Gasteiger partial charge is 0.480 e. The van der Waals surface area contributed by atoms with Crippen LogP contribution in [-0.2, 0) is 4.79 Å². The van der Waals surface area contributed by atoms with E-state index in [1.807, 2.05) is 0 Å². The number of carboxylic acid groups (broad SMARTS) is 1. The maximum Gasteiger partial charge on any atom is 0.344 e. The first-order chi connectivity index (χ1) is 6.11. The maximum absolute atomic E-state index is 11.2. The van der Waals surface area contributed by atoms with E-state index in [4.69, 9.17) is 5.11 Å². The summed E-state index contributed by atoms with van der Waals surface area (Å²) < 4.78 is 0. The summed E-state index contributed by atoms with van der Waals surface area (Å²) >= 11 is 0. The molecule has 2 fully saturated rings. The van der Waals surface area contributed by atoms with Crippen LogP contribution in [0.3, 0.4) is 0 Å². The quantitative estimate of drug-likeness (QED) is 0.552. The number of urea groups is 1. The SMILES string of the molecule is O=C(O)[C@@H]1CC[C@@H]2CN1C(=O)N2O. The lowest BCUT2D eigenvalue weighted by Crippen LogP contribution is -2.44. The van der Waals surface area contributed by atoms with E-state index >= 15 is 0 Å². The van der Waals surface area contributed by atoms with Crippen LogP contribution in [-0.4, -0.2) is 50.9 Å². The molecule has 2 N–H and O–H groups in total. The minimum Gasteiger partial charge on any atom is -0.480 e. The van der Waals surface area contributed by atoms with Crippen LogP contribution in [0.15, 0.2) is 0 Å². The smallest absolute Gasteiger partial charge is 0.344 e. The predicted octanol–water partition coefficient (Wildman–Crippen LogP) is -0.271. The van der Waals surface area contributed by atoms with Crippen molar-refractivity contribution in [2.45, 2.75) is 24.9 Å².